The standard InChI is InChI=1S/C14H17Cl2N3/c1-13(2)12(14(13,3)4)19-10(6-15)18-9-5-8(16)7-17-11(9)19/h5,7,12H,6H2,1-4H3. The van der Waals surface area contributed by atoms with E-state index in [4.69, 9.17) is 23.2 Å². The highest BCUT2D eigenvalue weighted by Gasteiger charge is 2.66. The van der Waals surface area contributed by atoms with Crippen LogP contribution in [0.4, 0.5) is 0 Å². The van der Waals surface area contributed by atoms with Crippen LogP contribution < -0.4 is 0 Å². The Kier molecular flexibility index (Phi) is 2.68. The minimum atomic E-state index is 0.211. The molecule has 19 heavy (non-hydrogen) atoms. The molecule has 3 rings (SSSR count). The van der Waals surface area contributed by atoms with Gasteiger partial charge in [-0.05, 0) is 16.9 Å². The van der Waals surface area contributed by atoms with Gasteiger partial charge in [-0.25, -0.2) is 9.97 Å². The fourth-order valence-electron chi connectivity index (χ4n) is 3.18. The summed E-state index contributed by atoms with van der Waals surface area (Å²) in [4.78, 5) is 9.02. The molecule has 0 saturated heterocycles. The Labute approximate surface area is 122 Å². The average Bonchev–Trinajstić information content (AvgIpc) is 2.63. The van der Waals surface area contributed by atoms with Crippen LogP contribution in [0, 0.1) is 10.8 Å². The van der Waals surface area contributed by atoms with E-state index in [1.54, 1.807) is 6.20 Å². The Hall–Kier alpha value is -0.800. The van der Waals surface area contributed by atoms with Crippen molar-refractivity contribution in [1.82, 2.24) is 14.5 Å². The third-order valence-corrected chi connectivity index (χ3v) is 5.34. The summed E-state index contributed by atoms with van der Waals surface area (Å²) in [6, 6.07) is 2.21. The molecular formula is C14H17Cl2N3. The quantitative estimate of drug-likeness (QED) is 0.768. The number of halogens is 2. The molecule has 1 saturated carbocycles. The molecule has 0 spiro atoms. The van der Waals surface area contributed by atoms with Gasteiger partial charge in [0.2, 0.25) is 0 Å². The lowest BCUT2D eigenvalue weighted by Gasteiger charge is -2.09. The third-order valence-electron chi connectivity index (χ3n) is 4.89. The number of aromatic nitrogens is 3. The first-order chi connectivity index (χ1) is 8.80. The zero-order valence-electron chi connectivity index (χ0n) is 11.5. The second-order valence-electron chi connectivity index (χ2n) is 6.37. The molecule has 0 aromatic carbocycles. The maximum atomic E-state index is 6.06. The Bertz CT molecular complexity index is 644. The van der Waals surface area contributed by atoms with Crippen LogP contribution in [-0.4, -0.2) is 14.5 Å². The van der Waals surface area contributed by atoms with E-state index < -0.39 is 0 Å². The van der Waals surface area contributed by atoms with Crippen LogP contribution in [0.5, 0.6) is 0 Å². The first kappa shape index (κ1) is 13.2. The van der Waals surface area contributed by atoms with E-state index in [1.807, 2.05) is 6.07 Å². The van der Waals surface area contributed by atoms with E-state index in [1.165, 1.54) is 0 Å². The maximum Gasteiger partial charge on any atom is 0.160 e. The Morgan fingerprint density at radius 3 is 2.42 bits per heavy atom. The molecule has 1 aliphatic carbocycles. The summed E-state index contributed by atoms with van der Waals surface area (Å²) in [7, 11) is 0. The molecule has 0 aliphatic heterocycles. The molecule has 0 N–H and O–H groups in total. The van der Waals surface area contributed by atoms with Gasteiger partial charge >= 0.3 is 0 Å². The van der Waals surface area contributed by atoms with Gasteiger partial charge < -0.3 is 4.57 Å². The van der Waals surface area contributed by atoms with Crippen LogP contribution in [0.15, 0.2) is 12.3 Å². The number of rotatable bonds is 2. The second kappa shape index (κ2) is 3.86. The number of alkyl halides is 1. The van der Waals surface area contributed by atoms with Gasteiger partial charge in [-0.2, -0.15) is 0 Å². The van der Waals surface area contributed by atoms with Gasteiger partial charge in [-0.1, -0.05) is 39.3 Å². The molecule has 1 aliphatic rings. The summed E-state index contributed by atoms with van der Waals surface area (Å²) in [5.41, 5.74) is 2.12. The lowest BCUT2D eigenvalue weighted by molar-refractivity contribution is 0.457. The van der Waals surface area contributed by atoms with Crippen molar-refractivity contribution >= 4 is 34.4 Å². The second-order valence-corrected chi connectivity index (χ2v) is 7.08. The van der Waals surface area contributed by atoms with Gasteiger partial charge in [0.25, 0.3) is 0 Å². The minimum Gasteiger partial charge on any atom is -0.307 e. The fourth-order valence-corrected chi connectivity index (χ4v) is 3.52. The number of imidazole rings is 1. The molecular weight excluding hydrogens is 281 g/mol. The Morgan fingerprint density at radius 2 is 1.89 bits per heavy atom. The van der Waals surface area contributed by atoms with Crippen LogP contribution in [0.1, 0.15) is 39.6 Å². The number of fused-ring (bicyclic) bond motifs is 1. The third kappa shape index (κ3) is 1.64. The smallest absolute Gasteiger partial charge is 0.160 e. The van der Waals surface area contributed by atoms with E-state index in [2.05, 4.69) is 42.2 Å². The van der Waals surface area contributed by atoms with E-state index in [9.17, 15) is 0 Å². The molecule has 1 fully saturated rings. The van der Waals surface area contributed by atoms with Crippen LogP contribution in [-0.2, 0) is 5.88 Å². The van der Waals surface area contributed by atoms with E-state index in [-0.39, 0.29) is 10.8 Å². The molecule has 0 radical (unpaired) electrons. The van der Waals surface area contributed by atoms with Crippen molar-refractivity contribution in [2.45, 2.75) is 39.6 Å². The van der Waals surface area contributed by atoms with E-state index in [0.717, 1.165) is 17.0 Å². The van der Waals surface area contributed by atoms with Gasteiger partial charge in [0.1, 0.15) is 11.3 Å². The van der Waals surface area contributed by atoms with Crippen molar-refractivity contribution in [1.29, 1.82) is 0 Å². The van der Waals surface area contributed by atoms with Crippen molar-refractivity contribution in [3.8, 4) is 0 Å². The summed E-state index contributed by atoms with van der Waals surface area (Å²) in [6.45, 7) is 9.10. The highest BCUT2D eigenvalue weighted by molar-refractivity contribution is 6.31. The van der Waals surface area contributed by atoms with Gasteiger partial charge in [-0.15, -0.1) is 11.6 Å². The van der Waals surface area contributed by atoms with Gasteiger partial charge in [0.15, 0.2) is 5.65 Å². The van der Waals surface area contributed by atoms with Crippen LogP contribution in [0.2, 0.25) is 5.02 Å². The fraction of sp³-hybridized carbons (Fsp3) is 0.571. The molecule has 0 atom stereocenters. The number of hydrogen-bond donors (Lipinski definition) is 0. The molecule has 102 valence electrons. The maximum absolute atomic E-state index is 6.06. The molecule has 2 heterocycles. The van der Waals surface area contributed by atoms with E-state index in [0.29, 0.717) is 16.9 Å². The summed E-state index contributed by atoms with van der Waals surface area (Å²) in [6.07, 6.45) is 1.67. The highest BCUT2D eigenvalue weighted by Crippen LogP contribution is 2.72. The summed E-state index contributed by atoms with van der Waals surface area (Å²) in [5.74, 6) is 1.26. The first-order valence-corrected chi connectivity index (χ1v) is 7.30. The highest BCUT2D eigenvalue weighted by atomic mass is 35.5. The predicted molar refractivity (Wildman–Crippen MR) is 78.7 cm³/mol. The zero-order valence-corrected chi connectivity index (χ0v) is 13.0. The lowest BCUT2D eigenvalue weighted by atomic mass is 10.0. The minimum absolute atomic E-state index is 0.211. The molecule has 0 unspecified atom stereocenters. The zero-order chi connectivity index (χ0) is 14.0. The molecule has 3 nitrogen and oxygen atoms in total. The lowest BCUT2D eigenvalue weighted by Crippen LogP contribution is -2.05. The molecule has 0 bridgehead atoms. The summed E-state index contributed by atoms with van der Waals surface area (Å²) >= 11 is 12.0. The van der Waals surface area contributed by atoms with Gasteiger partial charge in [0.05, 0.1) is 10.9 Å². The van der Waals surface area contributed by atoms with Crippen molar-refractivity contribution in [2.75, 3.05) is 0 Å². The topological polar surface area (TPSA) is 30.7 Å². The van der Waals surface area contributed by atoms with Gasteiger partial charge in [0, 0.05) is 12.2 Å². The van der Waals surface area contributed by atoms with E-state index >= 15 is 0 Å². The van der Waals surface area contributed by atoms with Crippen LogP contribution in [0.3, 0.4) is 0 Å². The molecule has 2 aromatic heterocycles. The number of pyridine rings is 1. The van der Waals surface area contributed by atoms with Crippen LogP contribution >= 0.6 is 23.2 Å². The van der Waals surface area contributed by atoms with Crippen molar-refractivity contribution < 1.29 is 0 Å². The number of hydrogen-bond acceptors (Lipinski definition) is 2. The molecule has 5 heteroatoms. The number of nitrogens with zero attached hydrogens (tertiary/aromatic N) is 3. The largest absolute Gasteiger partial charge is 0.307 e. The predicted octanol–water partition coefficient (Wildman–Crippen LogP) is 4.43. The Balaban J connectivity index is 2.24. The van der Waals surface area contributed by atoms with Crippen LogP contribution in [0.25, 0.3) is 11.2 Å². The average molecular weight is 298 g/mol. The summed E-state index contributed by atoms with van der Waals surface area (Å²) in [5, 5.41) is 0.604. The summed E-state index contributed by atoms with van der Waals surface area (Å²) < 4.78 is 2.19. The Morgan fingerprint density at radius 1 is 1.26 bits per heavy atom. The van der Waals surface area contributed by atoms with Crippen molar-refractivity contribution in [3.63, 3.8) is 0 Å². The van der Waals surface area contributed by atoms with Crippen molar-refractivity contribution in [2.24, 2.45) is 10.8 Å². The SMILES string of the molecule is CC1(C)C(n2c(CCl)nc3cc(Cl)cnc32)C1(C)C. The van der Waals surface area contributed by atoms with Gasteiger partial charge in [-0.3, -0.25) is 0 Å². The molecule has 0 amide bonds. The molecule has 2 aromatic rings. The first-order valence-electron chi connectivity index (χ1n) is 6.39. The van der Waals surface area contributed by atoms with Crippen molar-refractivity contribution in [3.05, 3.63) is 23.1 Å². The monoisotopic (exact) mass is 297 g/mol. The normalized spacial score (nSPS) is 20.9.